The van der Waals surface area contributed by atoms with Crippen LogP contribution < -0.4 is 14.8 Å². The number of rotatable bonds is 13. The number of aliphatic hydroxyl groups is 3. The van der Waals surface area contributed by atoms with E-state index >= 15 is 0 Å². The molecule has 4 atom stereocenters. The number of hydrogen-bond donors (Lipinski definition) is 4. The molecule has 10 nitrogen and oxygen atoms in total. The molecule has 0 bridgehead atoms. The molecule has 0 radical (unpaired) electrons. The molecule has 2 aliphatic rings. The Kier molecular flexibility index (Phi) is 10.3. The van der Waals surface area contributed by atoms with Gasteiger partial charge in [-0.3, -0.25) is 9.59 Å². The minimum absolute atomic E-state index is 0.0551. The summed E-state index contributed by atoms with van der Waals surface area (Å²) in [5, 5.41) is 33.3. The third-order valence-corrected chi connectivity index (χ3v) is 6.63. The van der Waals surface area contributed by atoms with Gasteiger partial charge in [-0.1, -0.05) is 6.92 Å². The fourth-order valence-electron chi connectivity index (χ4n) is 4.97. The van der Waals surface area contributed by atoms with Crippen LogP contribution in [-0.2, 0) is 20.9 Å². The Balaban J connectivity index is 2.04. The van der Waals surface area contributed by atoms with E-state index in [9.17, 15) is 24.9 Å². The molecule has 0 spiro atoms. The summed E-state index contributed by atoms with van der Waals surface area (Å²) in [6, 6.07) is 2.60. The molecule has 1 aromatic carbocycles. The average Bonchev–Trinajstić information content (AvgIpc) is 3.27. The Morgan fingerprint density at radius 3 is 2.62 bits per heavy atom. The number of hydrogen-bond acceptors (Lipinski definition) is 8. The first kappa shape index (κ1) is 28.9. The van der Waals surface area contributed by atoms with Crippen molar-refractivity contribution in [3.8, 4) is 11.5 Å². The highest BCUT2D eigenvalue weighted by atomic mass is 16.5. The number of methoxy groups -OCH3 is 1. The van der Waals surface area contributed by atoms with E-state index in [0.717, 1.165) is 0 Å². The van der Waals surface area contributed by atoms with Crippen LogP contribution in [0.2, 0.25) is 0 Å². The maximum atomic E-state index is 13.3. The first-order valence-corrected chi connectivity index (χ1v) is 13.0. The zero-order valence-electron chi connectivity index (χ0n) is 22.1. The Morgan fingerprint density at radius 1 is 1.24 bits per heavy atom. The molecule has 0 unspecified atom stereocenters. The van der Waals surface area contributed by atoms with Crippen molar-refractivity contribution < 1.29 is 39.1 Å². The average molecular weight is 521 g/mol. The zero-order valence-corrected chi connectivity index (χ0v) is 22.1. The van der Waals surface area contributed by atoms with Gasteiger partial charge in [0.25, 0.3) is 0 Å². The molecule has 3 rings (SSSR count). The van der Waals surface area contributed by atoms with Crippen molar-refractivity contribution in [2.24, 2.45) is 0 Å². The van der Waals surface area contributed by atoms with Gasteiger partial charge >= 0.3 is 0 Å². The fraction of sp³-hybridized carbons (Fsp3) is 0.630. The summed E-state index contributed by atoms with van der Waals surface area (Å²) in [6.45, 7) is 6.19. The molecular formula is C27H40N2O8. The molecule has 2 amide bonds. The summed E-state index contributed by atoms with van der Waals surface area (Å²) in [5.74, 6) is -0.410. The number of ether oxygens (including phenoxy) is 3. The normalized spacial score (nSPS) is 22.1. The van der Waals surface area contributed by atoms with E-state index in [4.69, 9.17) is 14.2 Å². The quantitative estimate of drug-likeness (QED) is 0.285. The van der Waals surface area contributed by atoms with Crippen molar-refractivity contribution in [3.63, 3.8) is 0 Å². The number of carbonyl (C=O) groups excluding carboxylic acids is 2. The van der Waals surface area contributed by atoms with E-state index < -0.39 is 30.1 Å². The van der Waals surface area contributed by atoms with Crippen molar-refractivity contribution in [1.29, 1.82) is 0 Å². The molecule has 0 aromatic heterocycles. The van der Waals surface area contributed by atoms with Crippen molar-refractivity contribution in [2.75, 3.05) is 33.4 Å². The number of carbonyl (C=O) groups is 2. The molecule has 1 aliphatic carbocycles. The monoisotopic (exact) mass is 520 g/mol. The molecule has 37 heavy (non-hydrogen) atoms. The Labute approximate surface area is 218 Å². The van der Waals surface area contributed by atoms with Crippen LogP contribution in [0.4, 0.5) is 0 Å². The first-order valence-electron chi connectivity index (χ1n) is 13.0. The molecule has 0 fully saturated rings. The summed E-state index contributed by atoms with van der Waals surface area (Å²) in [5.41, 5.74) is 1.53. The van der Waals surface area contributed by atoms with Crippen molar-refractivity contribution in [2.45, 2.75) is 76.9 Å². The molecule has 1 aliphatic heterocycles. The molecule has 10 heteroatoms. The van der Waals surface area contributed by atoms with Gasteiger partial charge < -0.3 is 39.7 Å². The highest BCUT2D eigenvalue weighted by molar-refractivity contribution is 5.96. The largest absolute Gasteiger partial charge is 0.493 e. The van der Waals surface area contributed by atoms with Gasteiger partial charge in [-0.25, -0.2) is 0 Å². The second-order valence-corrected chi connectivity index (χ2v) is 9.63. The number of fused-ring (bicyclic) bond motifs is 3. The van der Waals surface area contributed by atoms with E-state index in [1.165, 1.54) is 7.11 Å². The molecule has 0 saturated carbocycles. The second-order valence-electron chi connectivity index (χ2n) is 9.63. The van der Waals surface area contributed by atoms with Gasteiger partial charge in [0.15, 0.2) is 11.5 Å². The van der Waals surface area contributed by atoms with Gasteiger partial charge in [-0.15, -0.1) is 0 Å². The lowest BCUT2D eigenvalue weighted by Crippen LogP contribution is -2.56. The zero-order chi connectivity index (χ0) is 27.1. The van der Waals surface area contributed by atoms with E-state index in [1.54, 1.807) is 23.1 Å². The van der Waals surface area contributed by atoms with Crippen LogP contribution in [0.5, 0.6) is 11.5 Å². The number of nitrogens with zero attached hydrogens (tertiary/aromatic N) is 1. The van der Waals surface area contributed by atoms with Crippen LogP contribution in [0.1, 0.15) is 57.1 Å². The third kappa shape index (κ3) is 6.43. The van der Waals surface area contributed by atoms with Crippen LogP contribution in [-0.4, -0.2) is 89.8 Å². The minimum atomic E-state index is -1.12. The lowest BCUT2D eigenvalue weighted by molar-refractivity contribution is -0.137. The van der Waals surface area contributed by atoms with Gasteiger partial charge in [-0.2, -0.15) is 0 Å². The van der Waals surface area contributed by atoms with Crippen LogP contribution >= 0.6 is 0 Å². The van der Waals surface area contributed by atoms with Gasteiger partial charge in [0.1, 0.15) is 12.2 Å². The topological polar surface area (TPSA) is 138 Å². The Morgan fingerprint density at radius 2 is 2.00 bits per heavy atom. The summed E-state index contributed by atoms with van der Waals surface area (Å²) in [4.78, 5) is 28.1. The van der Waals surface area contributed by atoms with E-state index in [0.29, 0.717) is 60.6 Å². The summed E-state index contributed by atoms with van der Waals surface area (Å²) in [7, 11) is 1.48. The van der Waals surface area contributed by atoms with Crippen LogP contribution in [0.15, 0.2) is 23.8 Å². The van der Waals surface area contributed by atoms with Gasteiger partial charge in [-0.05, 0) is 50.5 Å². The van der Waals surface area contributed by atoms with Crippen molar-refractivity contribution in [3.05, 3.63) is 34.9 Å². The van der Waals surface area contributed by atoms with Gasteiger partial charge in [0, 0.05) is 37.3 Å². The van der Waals surface area contributed by atoms with Crippen LogP contribution in [0, 0.1) is 0 Å². The van der Waals surface area contributed by atoms with E-state index in [-0.39, 0.29) is 31.8 Å². The Hall–Kier alpha value is -2.66. The molecule has 1 heterocycles. The highest BCUT2D eigenvalue weighted by Crippen LogP contribution is 2.51. The summed E-state index contributed by atoms with van der Waals surface area (Å²) in [6.07, 6.45) is 1.24. The first-order chi connectivity index (χ1) is 17.8. The third-order valence-electron chi connectivity index (χ3n) is 6.63. The van der Waals surface area contributed by atoms with Gasteiger partial charge in [0.2, 0.25) is 11.8 Å². The fourth-order valence-corrected chi connectivity index (χ4v) is 4.97. The lowest BCUT2D eigenvalue weighted by atomic mass is 9.77. The molecule has 206 valence electrons. The van der Waals surface area contributed by atoms with Crippen molar-refractivity contribution >= 4 is 11.8 Å². The predicted octanol–water partition coefficient (Wildman–Crippen LogP) is 1.25. The smallest absolute Gasteiger partial charge is 0.247 e. The second kappa shape index (κ2) is 13.2. The SMILES string of the molecule is CCCC(=O)N(CCCOC(C)C)[C@@H]1C=C(C(=O)NCCO)[C@@H]2c3cc(CO)cc(OC)c3O[C@@H]2[C@H]1O. The Bertz CT molecular complexity index is 979. The van der Waals surface area contributed by atoms with Crippen molar-refractivity contribution in [1.82, 2.24) is 10.2 Å². The summed E-state index contributed by atoms with van der Waals surface area (Å²) < 4.78 is 17.3. The minimum Gasteiger partial charge on any atom is -0.493 e. The highest BCUT2D eigenvalue weighted by Gasteiger charge is 2.51. The van der Waals surface area contributed by atoms with Crippen LogP contribution in [0.3, 0.4) is 0 Å². The maximum absolute atomic E-state index is 13.3. The van der Waals surface area contributed by atoms with Crippen LogP contribution in [0.25, 0.3) is 0 Å². The number of amides is 2. The molecule has 0 saturated heterocycles. The number of aliphatic hydroxyl groups excluding tert-OH is 3. The number of nitrogens with one attached hydrogen (secondary N) is 1. The van der Waals surface area contributed by atoms with E-state index in [2.05, 4.69) is 5.32 Å². The number of benzene rings is 1. The molecular weight excluding hydrogens is 480 g/mol. The predicted molar refractivity (Wildman–Crippen MR) is 136 cm³/mol. The standard InChI is InChI=1S/C27H40N2O8/c1-5-7-22(32)29(9-6-11-36-16(2)3)20-14-19(27(34)28-8-10-30)23-18-12-17(15-31)13-21(35-4)25(18)37-26(23)24(20)33/h12-14,16,20,23-24,26,30-31,33H,5-11,15H2,1-4H3,(H,28,34)/t20-,23+,24+,26+/m1/s1. The van der Waals surface area contributed by atoms with Gasteiger partial charge in [0.05, 0.1) is 38.4 Å². The molecule has 4 N–H and O–H groups in total. The molecule has 1 aromatic rings. The van der Waals surface area contributed by atoms with E-state index in [1.807, 2.05) is 20.8 Å². The maximum Gasteiger partial charge on any atom is 0.247 e. The lowest BCUT2D eigenvalue weighted by Gasteiger charge is -2.40. The summed E-state index contributed by atoms with van der Waals surface area (Å²) >= 11 is 0.